The Morgan fingerprint density at radius 1 is 0.952 bits per heavy atom. The van der Waals surface area contributed by atoms with Gasteiger partial charge in [-0.05, 0) is 54.5 Å². The van der Waals surface area contributed by atoms with Crippen molar-refractivity contribution in [1.29, 1.82) is 0 Å². The van der Waals surface area contributed by atoms with Crippen LogP contribution in [0.1, 0.15) is 42.0 Å². The van der Waals surface area contributed by atoms with Crippen molar-refractivity contribution in [3.05, 3.63) is 71.0 Å². The molecule has 0 N–H and O–H groups in total. The van der Waals surface area contributed by atoms with Crippen LogP contribution in [-0.2, 0) is 13.0 Å². The van der Waals surface area contributed by atoms with E-state index in [9.17, 15) is 4.39 Å². The fourth-order valence-electron chi connectivity index (χ4n) is 3.58. The number of benzene rings is 2. The van der Waals surface area contributed by atoms with Gasteiger partial charge in [-0.2, -0.15) is 0 Å². The minimum atomic E-state index is -0.150. The van der Waals surface area contributed by atoms with Gasteiger partial charge in [0.05, 0.1) is 0 Å². The Morgan fingerprint density at radius 2 is 1.71 bits per heavy atom. The number of halogens is 1. The van der Waals surface area contributed by atoms with Crippen LogP contribution in [-0.4, -0.2) is 10.9 Å². The SMILES string of the molecule is Fc1ccc(CN(C2CC2)C2CCc3ccccc32)cc1. The van der Waals surface area contributed by atoms with Crippen LogP contribution in [0.15, 0.2) is 48.5 Å². The zero-order valence-corrected chi connectivity index (χ0v) is 12.1. The molecule has 1 unspecified atom stereocenters. The van der Waals surface area contributed by atoms with Crippen LogP contribution in [0.5, 0.6) is 0 Å². The number of hydrogen-bond donors (Lipinski definition) is 0. The van der Waals surface area contributed by atoms with Gasteiger partial charge in [0.1, 0.15) is 5.82 Å². The fraction of sp³-hybridized carbons (Fsp3) is 0.368. The van der Waals surface area contributed by atoms with Gasteiger partial charge in [-0.1, -0.05) is 36.4 Å². The van der Waals surface area contributed by atoms with Gasteiger partial charge < -0.3 is 0 Å². The molecule has 0 radical (unpaired) electrons. The summed E-state index contributed by atoms with van der Waals surface area (Å²) in [5, 5.41) is 0. The van der Waals surface area contributed by atoms with E-state index in [4.69, 9.17) is 0 Å². The summed E-state index contributed by atoms with van der Waals surface area (Å²) >= 11 is 0. The molecule has 0 bridgehead atoms. The molecule has 0 heterocycles. The molecule has 0 saturated heterocycles. The molecule has 1 nitrogen and oxygen atoms in total. The van der Waals surface area contributed by atoms with E-state index in [-0.39, 0.29) is 5.82 Å². The maximum absolute atomic E-state index is 13.1. The van der Waals surface area contributed by atoms with Crippen LogP contribution in [0.3, 0.4) is 0 Å². The van der Waals surface area contributed by atoms with Gasteiger partial charge in [0.25, 0.3) is 0 Å². The van der Waals surface area contributed by atoms with E-state index >= 15 is 0 Å². The lowest BCUT2D eigenvalue weighted by molar-refractivity contribution is 0.177. The van der Waals surface area contributed by atoms with Crippen LogP contribution in [0.2, 0.25) is 0 Å². The van der Waals surface area contributed by atoms with E-state index in [2.05, 4.69) is 29.2 Å². The summed E-state index contributed by atoms with van der Waals surface area (Å²) in [5.74, 6) is -0.150. The van der Waals surface area contributed by atoms with Crippen molar-refractivity contribution in [3.63, 3.8) is 0 Å². The third kappa shape index (κ3) is 2.60. The number of nitrogens with zero attached hydrogens (tertiary/aromatic N) is 1. The lowest BCUT2D eigenvalue weighted by Gasteiger charge is -2.30. The molecule has 4 rings (SSSR count). The summed E-state index contributed by atoms with van der Waals surface area (Å²) in [7, 11) is 0. The van der Waals surface area contributed by atoms with Gasteiger partial charge in [-0.25, -0.2) is 4.39 Å². The van der Waals surface area contributed by atoms with Crippen LogP contribution in [0.4, 0.5) is 4.39 Å². The third-order valence-corrected chi connectivity index (χ3v) is 4.80. The predicted molar refractivity (Wildman–Crippen MR) is 82.5 cm³/mol. The van der Waals surface area contributed by atoms with Gasteiger partial charge in [0, 0.05) is 18.6 Å². The summed E-state index contributed by atoms with van der Waals surface area (Å²) in [6.07, 6.45) is 5.02. The van der Waals surface area contributed by atoms with E-state index < -0.39 is 0 Å². The maximum atomic E-state index is 13.1. The van der Waals surface area contributed by atoms with Crippen molar-refractivity contribution in [2.24, 2.45) is 0 Å². The molecular formula is C19H20FN. The highest BCUT2D eigenvalue weighted by atomic mass is 19.1. The first-order valence-electron chi connectivity index (χ1n) is 7.89. The Kier molecular flexibility index (Phi) is 3.27. The first-order valence-corrected chi connectivity index (χ1v) is 7.89. The second-order valence-corrected chi connectivity index (χ2v) is 6.28. The molecule has 1 atom stereocenters. The Labute approximate surface area is 125 Å². The highest BCUT2D eigenvalue weighted by Gasteiger charge is 2.37. The van der Waals surface area contributed by atoms with Crippen LogP contribution in [0.25, 0.3) is 0 Å². The quantitative estimate of drug-likeness (QED) is 0.799. The number of aryl methyl sites for hydroxylation is 1. The van der Waals surface area contributed by atoms with Crippen molar-refractivity contribution in [2.75, 3.05) is 0 Å². The van der Waals surface area contributed by atoms with E-state index in [1.807, 2.05) is 12.1 Å². The summed E-state index contributed by atoms with van der Waals surface area (Å²) in [4.78, 5) is 2.64. The van der Waals surface area contributed by atoms with Crippen molar-refractivity contribution < 1.29 is 4.39 Å². The average Bonchev–Trinajstić information content (AvgIpc) is 3.26. The Morgan fingerprint density at radius 3 is 2.48 bits per heavy atom. The lowest BCUT2D eigenvalue weighted by Crippen LogP contribution is -2.29. The van der Waals surface area contributed by atoms with E-state index in [1.54, 1.807) is 12.1 Å². The topological polar surface area (TPSA) is 3.24 Å². The van der Waals surface area contributed by atoms with Gasteiger partial charge in [-0.3, -0.25) is 4.90 Å². The number of fused-ring (bicyclic) bond motifs is 1. The van der Waals surface area contributed by atoms with Crippen molar-refractivity contribution in [3.8, 4) is 0 Å². The van der Waals surface area contributed by atoms with E-state index in [0.29, 0.717) is 12.1 Å². The largest absolute Gasteiger partial charge is 0.289 e. The number of hydrogen-bond acceptors (Lipinski definition) is 1. The molecular weight excluding hydrogens is 261 g/mol. The molecule has 21 heavy (non-hydrogen) atoms. The Hall–Kier alpha value is -1.67. The summed E-state index contributed by atoms with van der Waals surface area (Å²) in [5.41, 5.74) is 4.23. The van der Waals surface area contributed by atoms with E-state index in [1.165, 1.54) is 42.4 Å². The van der Waals surface area contributed by atoms with Gasteiger partial charge in [0.15, 0.2) is 0 Å². The second kappa shape index (κ2) is 5.27. The van der Waals surface area contributed by atoms with Crippen molar-refractivity contribution >= 4 is 0 Å². The summed E-state index contributed by atoms with van der Waals surface area (Å²) in [6, 6.07) is 17.1. The molecule has 1 fully saturated rings. The third-order valence-electron chi connectivity index (χ3n) is 4.80. The average molecular weight is 281 g/mol. The molecule has 1 saturated carbocycles. The summed E-state index contributed by atoms with van der Waals surface area (Å²) < 4.78 is 13.1. The monoisotopic (exact) mass is 281 g/mol. The zero-order valence-electron chi connectivity index (χ0n) is 12.1. The highest BCUT2D eigenvalue weighted by Crippen LogP contribution is 2.42. The van der Waals surface area contributed by atoms with Crippen molar-refractivity contribution in [2.45, 2.75) is 44.3 Å². The smallest absolute Gasteiger partial charge is 0.123 e. The summed E-state index contributed by atoms with van der Waals surface area (Å²) in [6.45, 7) is 0.934. The minimum Gasteiger partial charge on any atom is -0.289 e. The molecule has 0 amide bonds. The predicted octanol–water partition coefficient (Wildman–Crippen LogP) is 4.48. The molecule has 2 aromatic rings. The second-order valence-electron chi connectivity index (χ2n) is 6.28. The fourth-order valence-corrected chi connectivity index (χ4v) is 3.58. The first kappa shape index (κ1) is 13.0. The molecule has 2 aliphatic rings. The molecule has 2 heteroatoms. The minimum absolute atomic E-state index is 0.150. The molecule has 2 aromatic carbocycles. The molecule has 0 aromatic heterocycles. The molecule has 2 aliphatic carbocycles. The Balaban J connectivity index is 1.59. The van der Waals surface area contributed by atoms with Gasteiger partial charge >= 0.3 is 0 Å². The van der Waals surface area contributed by atoms with Crippen LogP contribution >= 0.6 is 0 Å². The molecule has 0 spiro atoms. The Bertz CT molecular complexity index is 630. The highest BCUT2D eigenvalue weighted by molar-refractivity contribution is 5.35. The first-order chi connectivity index (χ1) is 10.3. The van der Waals surface area contributed by atoms with Crippen LogP contribution in [0, 0.1) is 5.82 Å². The van der Waals surface area contributed by atoms with Gasteiger partial charge in [0.2, 0.25) is 0 Å². The van der Waals surface area contributed by atoms with Gasteiger partial charge in [-0.15, -0.1) is 0 Å². The lowest BCUT2D eigenvalue weighted by atomic mass is 10.1. The molecule has 0 aliphatic heterocycles. The number of rotatable bonds is 4. The molecule has 108 valence electrons. The standard InChI is InChI=1S/C19H20FN/c20-16-8-5-14(6-9-16)13-21(17-10-11-17)19-12-7-15-3-1-2-4-18(15)19/h1-6,8-9,17,19H,7,10-13H2. The van der Waals surface area contributed by atoms with Crippen molar-refractivity contribution in [1.82, 2.24) is 4.90 Å². The van der Waals surface area contributed by atoms with Crippen LogP contribution < -0.4 is 0 Å². The normalized spacial score (nSPS) is 20.8. The maximum Gasteiger partial charge on any atom is 0.123 e. The zero-order chi connectivity index (χ0) is 14.2. The van der Waals surface area contributed by atoms with E-state index in [0.717, 1.165) is 6.54 Å².